The molecule has 1 aromatic heterocycles. The molecular formula is C35H37N3O8. The molecule has 1 N–H and O–H groups in total. The molecule has 0 saturated heterocycles. The Morgan fingerprint density at radius 3 is 2.24 bits per heavy atom. The molecule has 0 aliphatic carbocycles. The summed E-state index contributed by atoms with van der Waals surface area (Å²) in [5.41, 5.74) is 4.81. The summed E-state index contributed by atoms with van der Waals surface area (Å²) in [5, 5.41) is 14.6. The van der Waals surface area contributed by atoms with Gasteiger partial charge in [-0.05, 0) is 48.6 Å². The van der Waals surface area contributed by atoms with Crippen LogP contribution in [0.1, 0.15) is 42.0 Å². The van der Waals surface area contributed by atoms with Crippen LogP contribution in [0, 0.1) is 10.1 Å². The predicted octanol–water partition coefficient (Wildman–Crippen LogP) is 5.28. The number of dihydropyridines is 1. The van der Waals surface area contributed by atoms with Crippen LogP contribution < -0.4 is 5.32 Å². The maximum absolute atomic E-state index is 13.4. The van der Waals surface area contributed by atoms with E-state index in [4.69, 9.17) is 18.9 Å². The summed E-state index contributed by atoms with van der Waals surface area (Å²) >= 11 is 0. The lowest BCUT2D eigenvalue weighted by Crippen LogP contribution is -2.33. The van der Waals surface area contributed by atoms with Crippen molar-refractivity contribution in [2.45, 2.75) is 26.2 Å². The fourth-order valence-corrected chi connectivity index (χ4v) is 5.07. The van der Waals surface area contributed by atoms with Crippen molar-refractivity contribution in [3.05, 3.63) is 134 Å². The number of allylic oxidation sites excluding steroid dienone is 2. The Hall–Kier alpha value is -5.13. The Morgan fingerprint density at radius 2 is 1.61 bits per heavy atom. The van der Waals surface area contributed by atoms with Gasteiger partial charge >= 0.3 is 11.9 Å². The highest BCUT2D eigenvalue weighted by Crippen LogP contribution is 2.40. The van der Waals surface area contributed by atoms with Gasteiger partial charge in [-0.3, -0.25) is 15.1 Å². The summed E-state index contributed by atoms with van der Waals surface area (Å²) in [6.07, 6.45) is 8.26. The molecule has 240 valence electrons. The lowest BCUT2D eigenvalue weighted by Gasteiger charge is -2.30. The molecular weight excluding hydrogens is 590 g/mol. The molecule has 11 heteroatoms. The molecule has 0 spiro atoms. The Bertz CT molecular complexity index is 1610. The van der Waals surface area contributed by atoms with Gasteiger partial charge in [-0.1, -0.05) is 54.6 Å². The molecule has 2 aromatic carbocycles. The average Bonchev–Trinajstić information content (AvgIpc) is 3.05. The van der Waals surface area contributed by atoms with Gasteiger partial charge in [0.05, 0.1) is 41.8 Å². The third-order valence-electron chi connectivity index (χ3n) is 7.23. The summed E-state index contributed by atoms with van der Waals surface area (Å²) < 4.78 is 21.5. The first-order chi connectivity index (χ1) is 22.3. The molecule has 0 bridgehead atoms. The number of rotatable bonds is 15. The Balaban J connectivity index is 1.36. The molecule has 4 rings (SSSR count). The molecule has 0 amide bonds. The predicted molar refractivity (Wildman–Crippen MR) is 172 cm³/mol. The van der Waals surface area contributed by atoms with Gasteiger partial charge in [-0.15, -0.1) is 0 Å². The monoisotopic (exact) mass is 627 g/mol. The maximum atomic E-state index is 13.4. The molecule has 0 radical (unpaired) electrons. The van der Waals surface area contributed by atoms with Crippen molar-refractivity contribution in [1.82, 2.24) is 10.3 Å². The number of non-ortho nitro benzene ring substituents is 1. The van der Waals surface area contributed by atoms with Gasteiger partial charge in [0, 0.05) is 43.0 Å². The lowest BCUT2D eigenvalue weighted by atomic mass is 9.80. The number of pyridine rings is 1. The number of hydrogen-bond donors (Lipinski definition) is 1. The van der Waals surface area contributed by atoms with Crippen LogP contribution >= 0.6 is 0 Å². The summed E-state index contributed by atoms with van der Waals surface area (Å²) in [6.45, 7) is 3.97. The fraction of sp³-hybridized carbons (Fsp3) is 0.286. The first kappa shape index (κ1) is 33.8. The molecule has 11 nitrogen and oxygen atoms in total. The number of hydrogen-bond acceptors (Lipinski definition) is 10. The van der Waals surface area contributed by atoms with E-state index in [0.717, 1.165) is 17.5 Å². The first-order valence-electron chi connectivity index (χ1n) is 14.8. The highest BCUT2D eigenvalue weighted by molar-refractivity contribution is 6.00. The number of benzene rings is 2. The molecule has 1 atom stereocenters. The number of carbonyl (C=O) groups is 2. The Labute approximate surface area is 267 Å². The zero-order chi connectivity index (χ0) is 32.9. The third-order valence-corrected chi connectivity index (χ3v) is 7.23. The third kappa shape index (κ3) is 9.19. The van der Waals surface area contributed by atoms with E-state index in [1.165, 1.54) is 30.9 Å². The number of methoxy groups -OCH3 is 1. The largest absolute Gasteiger partial charge is 0.460 e. The van der Waals surface area contributed by atoms with Crippen molar-refractivity contribution < 1.29 is 33.5 Å². The number of carbonyl (C=O) groups excluding carboxylic acids is 2. The minimum Gasteiger partial charge on any atom is -0.460 e. The molecule has 3 aromatic rings. The number of nitrogens with one attached hydrogen (secondary N) is 1. The topological polar surface area (TPSA) is 139 Å². The van der Waals surface area contributed by atoms with E-state index in [1.807, 2.05) is 42.6 Å². The van der Waals surface area contributed by atoms with Gasteiger partial charge in [0.25, 0.3) is 5.69 Å². The maximum Gasteiger partial charge on any atom is 0.336 e. The van der Waals surface area contributed by atoms with Gasteiger partial charge < -0.3 is 24.3 Å². The van der Waals surface area contributed by atoms with E-state index < -0.39 is 22.8 Å². The van der Waals surface area contributed by atoms with Crippen molar-refractivity contribution in [2.24, 2.45) is 0 Å². The minimum absolute atomic E-state index is 0.000478. The SMILES string of the molecule is COCCOC(=O)C1=C(C)NC(C)=C(C(=O)OCCOC/C=C/c2ccc(Cc3cccnc3)cc2)C1c1cccc([N+](=O)[O-])c1. The van der Waals surface area contributed by atoms with E-state index in [1.54, 1.807) is 26.1 Å². The van der Waals surface area contributed by atoms with Crippen LogP contribution in [0.15, 0.2) is 102 Å². The highest BCUT2D eigenvalue weighted by Gasteiger charge is 2.38. The van der Waals surface area contributed by atoms with Crippen molar-refractivity contribution >= 4 is 23.7 Å². The summed E-state index contributed by atoms with van der Waals surface area (Å²) in [6, 6.07) is 18.0. The van der Waals surface area contributed by atoms with Crippen LogP contribution in [-0.4, -0.2) is 62.0 Å². The molecule has 46 heavy (non-hydrogen) atoms. The Morgan fingerprint density at radius 1 is 0.913 bits per heavy atom. The zero-order valence-corrected chi connectivity index (χ0v) is 26.1. The van der Waals surface area contributed by atoms with Crippen molar-refractivity contribution in [3.63, 3.8) is 0 Å². The van der Waals surface area contributed by atoms with Crippen LogP contribution in [0.3, 0.4) is 0 Å². The van der Waals surface area contributed by atoms with Crippen LogP contribution in [0.2, 0.25) is 0 Å². The smallest absolute Gasteiger partial charge is 0.336 e. The molecule has 2 heterocycles. The number of esters is 2. The van der Waals surface area contributed by atoms with Gasteiger partial charge in [0.2, 0.25) is 0 Å². The van der Waals surface area contributed by atoms with Crippen LogP contribution in [-0.2, 0) is 35.0 Å². The van der Waals surface area contributed by atoms with E-state index in [-0.39, 0.29) is 43.3 Å². The van der Waals surface area contributed by atoms with Gasteiger partial charge in [-0.2, -0.15) is 0 Å². The molecule has 1 unspecified atom stereocenters. The summed E-state index contributed by atoms with van der Waals surface area (Å²) in [4.78, 5) is 41.8. The second kappa shape index (κ2) is 16.8. The van der Waals surface area contributed by atoms with Gasteiger partial charge in [0.15, 0.2) is 0 Å². The molecule has 0 fully saturated rings. The average molecular weight is 628 g/mol. The van der Waals surface area contributed by atoms with Crippen molar-refractivity contribution in [3.8, 4) is 0 Å². The van der Waals surface area contributed by atoms with E-state index in [2.05, 4.69) is 22.4 Å². The number of nitrogens with zero attached hydrogens (tertiary/aromatic N) is 2. The zero-order valence-electron chi connectivity index (χ0n) is 26.1. The lowest BCUT2D eigenvalue weighted by molar-refractivity contribution is -0.384. The standard InChI is InChI=1S/C35H37N3O8/c1-24-31(34(39)45-19-17-43-3)33(29-9-4-10-30(22-29)38(41)42)32(25(2)37-24)35(40)46-20-18-44-16-6-8-26-11-13-27(14-12-26)21-28-7-5-15-36-23-28/h4-15,22-23,33,37H,16-21H2,1-3H3/b8-6+. The fourth-order valence-electron chi connectivity index (χ4n) is 5.07. The first-order valence-corrected chi connectivity index (χ1v) is 14.8. The number of nitro groups is 1. The number of nitro benzene ring substituents is 1. The van der Waals surface area contributed by atoms with Crippen molar-refractivity contribution in [1.29, 1.82) is 0 Å². The Kier molecular flexibility index (Phi) is 12.3. The molecule has 0 saturated carbocycles. The number of ether oxygens (including phenoxy) is 4. The van der Waals surface area contributed by atoms with Crippen molar-refractivity contribution in [2.75, 3.05) is 40.1 Å². The van der Waals surface area contributed by atoms with Gasteiger partial charge in [-0.25, -0.2) is 9.59 Å². The van der Waals surface area contributed by atoms with Crippen LogP contribution in [0.25, 0.3) is 6.08 Å². The molecule has 1 aliphatic heterocycles. The van der Waals surface area contributed by atoms with E-state index in [0.29, 0.717) is 23.6 Å². The van der Waals surface area contributed by atoms with E-state index in [9.17, 15) is 19.7 Å². The highest BCUT2D eigenvalue weighted by atomic mass is 16.6. The van der Waals surface area contributed by atoms with E-state index >= 15 is 0 Å². The second-order valence-corrected chi connectivity index (χ2v) is 10.5. The van der Waals surface area contributed by atoms with Gasteiger partial charge in [0.1, 0.15) is 13.2 Å². The molecule has 1 aliphatic rings. The summed E-state index contributed by atoms with van der Waals surface area (Å²) in [5.74, 6) is -2.31. The van der Waals surface area contributed by atoms with Crippen LogP contribution in [0.5, 0.6) is 0 Å². The summed E-state index contributed by atoms with van der Waals surface area (Å²) in [7, 11) is 1.48. The van der Waals surface area contributed by atoms with Crippen LogP contribution in [0.4, 0.5) is 5.69 Å². The minimum atomic E-state index is -0.955. The number of aromatic nitrogens is 1. The second-order valence-electron chi connectivity index (χ2n) is 10.5. The normalized spacial score (nSPS) is 14.7. The quantitative estimate of drug-likeness (QED) is 0.102.